The Kier molecular flexibility index (Phi) is 4.68. The van der Waals surface area contributed by atoms with E-state index in [0.717, 1.165) is 13.1 Å². The monoisotopic (exact) mass is 363 g/mol. The van der Waals surface area contributed by atoms with Crippen molar-refractivity contribution in [2.24, 2.45) is 0 Å². The molecule has 3 rings (SSSR count). The van der Waals surface area contributed by atoms with Crippen LogP contribution in [-0.4, -0.2) is 0 Å². The quantitative estimate of drug-likeness (QED) is 0.628. The molecule has 0 aliphatic rings. The van der Waals surface area contributed by atoms with E-state index in [9.17, 15) is 0 Å². The van der Waals surface area contributed by atoms with Crippen molar-refractivity contribution in [1.29, 1.82) is 0 Å². The predicted octanol–water partition coefficient (Wildman–Crippen LogP) is 5.53. The average molecular weight is 364 g/mol. The van der Waals surface area contributed by atoms with Gasteiger partial charge in [0, 0.05) is 27.3 Å². The fourth-order valence-corrected chi connectivity index (χ4v) is 4.33. The third kappa shape index (κ3) is 3.38. The lowest BCUT2D eigenvalue weighted by Crippen LogP contribution is -2.10. The van der Waals surface area contributed by atoms with E-state index in [4.69, 9.17) is 0 Å². The van der Waals surface area contributed by atoms with Gasteiger partial charge in [-0.1, -0.05) is 30.3 Å². The first kappa shape index (κ1) is 14.0. The lowest BCUT2D eigenvalue weighted by Gasteiger charge is -2.01. The van der Waals surface area contributed by atoms with Gasteiger partial charge in [0.25, 0.3) is 0 Å². The van der Waals surface area contributed by atoms with Gasteiger partial charge in [-0.3, -0.25) is 0 Å². The van der Waals surface area contributed by atoms with Crippen molar-refractivity contribution >= 4 is 38.6 Å². The van der Waals surface area contributed by atoms with E-state index in [1.807, 2.05) is 11.3 Å². The molecule has 0 saturated carbocycles. The highest BCUT2D eigenvalue weighted by atomic mass is 79.9. The Morgan fingerprint density at radius 1 is 0.950 bits per heavy atom. The van der Waals surface area contributed by atoms with Crippen LogP contribution in [0, 0.1) is 0 Å². The van der Waals surface area contributed by atoms with Gasteiger partial charge in [0.05, 0.1) is 0 Å². The molecule has 0 bridgehead atoms. The number of thiophene rings is 2. The molecule has 20 heavy (non-hydrogen) atoms. The molecule has 0 radical (unpaired) electrons. The molecular weight excluding hydrogens is 350 g/mol. The van der Waals surface area contributed by atoms with Crippen LogP contribution in [0.3, 0.4) is 0 Å². The summed E-state index contributed by atoms with van der Waals surface area (Å²) in [4.78, 5) is 2.72. The summed E-state index contributed by atoms with van der Waals surface area (Å²) in [6.07, 6.45) is 0. The van der Waals surface area contributed by atoms with Crippen molar-refractivity contribution in [1.82, 2.24) is 5.32 Å². The molecule has 0 fully saturated rings. The topological polar surface area (TPSA) is 12.0 Å². The van der Waals surface area contributed by atoms with E-state index >= 15 is 0 Å². The minimum Gasteiger partial charge on any atom is -0.307 e. The second-order valence-electron chi connectivity index (χ2n) is 4.46. The molecule has 3 aromatic rings. The Morgan fingerprint density at radius 2 is 1.80 bits per heavy atom. The number of benzene rings is 1. The summed E-state index contributed by atoms with van der Waals surface area (Å²) in [6.45, 7) is 1.83. The Morgan fingerprint density at radius 3 is 2.55 bits per heavy atom. The fraction of sp³-hybridized carbons (Fsp3) is 0.125. The third-order valence-corrected chi connectivity index (χ3v) is 5.90. The molecule has 0 aliphatic heterocycles. The Balaban J connectivity index is 1.59. The standard InChI is InChI=1S/C16H14BrNS2/c17-15-6-7-19-16(15)10-18-9-14-8-13(11-20-14)12-4-2-1-3-5-12/h1-8,11,18H,9-10H2. The van der Waals surface area contributed by atoms with Crippen molar-refractivity contribution < 1.29 is 0 Å². The van der Waals surface area contributed by atoms with E-state index in [1.165, 1.54) is 25.4 Å². The van der Waals surface area contributed by atoms with Crippen LogP contribution in [0.1, 0.15) is 9.75 Å². The molecule has 1 aromatic carbocycles. The lowest BCUT2D eigenvalue weighted by atomic mass is 10.1. The van der Waals surface area contributed by atoms with Crippen LogP contribution in [-0.2, 0) is 13.1 Å². The molecule has 0 atom stereocenters. The number of rotatable bonds is 5. The number of halogens is 1. The molecule has 1 N–H and O–H groups in total. The molecule has 1 nitrogen and oxygen atoms in total. The highest BCUT2D eigenvalue weighted by Gasteiger charge is 2.04. The molecule has 2 aromatic heterocycles. The van der Waals surface area contributed by atoms with E-state index in [0.29, 0.717) is 0 Å². The summed E-state index contributed by atoms with van der Waals surface area (Å²) in [5, 5.41) is 7.84. The Bertz CT molecular complexity index is 673. The number of hydrogen-bond acceptors (Lipinski definition) is 3. The molecule has 0 amide bonds. The predicted molar refractivity (Wildman–Crippen MR) is 92.3 cm³/mol. The Labute approximate surface area is 135 Å². The maximum Gasteiger partial charge on any atom is 0.0327 e. The maximum atomic E-state index is 3.56. The van der Waals surface area contributed by atoms with Crippen LogP contribution in [0.15, 0.2) is 57.7 Å². The van der Waals surface area contributed by atoms with Crippen LogP contribution in [0.5, 0.6) is 0 Å². The molecular formula is C16H14BrNS2. The third-order valence-electron chi connectivity index (χ3n) is 3.04. The zero-order valence-electron chi connectivity index (χ0n) is 10.8. The van der Waals surface area contributed by atoms with Gasteiger partial charge < -0.3 is 5.32 Å². The van der Waals surface area contributed by atoms with E-state index in [2.05, 4.69) is 74.5 Å². The van der Waals surface area contributed by atoms with Crippen molar-refractivity contribution in [2.75, 3.05) is 0 Å². The first-order chi connectivity index (χ1) is 9.83. The van der Waals surface area contributed by atoms with Crippen molar-refractivity contribution in [2.45, 2.75) is 13.1 Å². The molecule has 0 saturated heterocycles. The van der Waals surface area contributed by atoms with Crippen molar-refractivity contribution in [3.05, 3.63) is 67.5 Å². The minimum absolute atomic E-state index is 0.914. The molecule has 0 unspecified atom stereocenters. The molecule has 4 heteroatoms. The van der Waals surface area contributed by atoms with E-state index in [1.54, 1.807) is 11.3 Å². The van der Waals surface area contributed by atoms with Crippen LogP contribution < -0.4 is 5.32 Å². The molecule has 2 heterocycles. The van der Waals surface area contributed by atoms with Gasteiger partial charge in [0.2, 0.25) is 0 Å². The van der Waals surface area contributed by atoms with E-state index < -0.39 is 0 Å². The van der Waals surface area contributed by atoms with Crippen LogP contribution in [0.4, 0.5) is 0 Å². The first-order valence-corrected chi connectivity index (χ1v) is 8.93. The Hall–Kier alpha value is -0.940. The number of hydrogen-bond donors (Lipinski definition) is 1. The van der Waals surface area contributed by atoms with Gasteiger partial charge in [-0.2, -0.15) is 0 Å². The molecule has 0 spiro atoms. The van der Waals surface area contributed by atoms with Crippen LogP contribution in [0.2, 0.25) is 0 Å². The van der Waals surface area contributed by atoms with Gasteiger partial charge in [-0.25, -0.2) is 0 Å². The smallest absolute Gasteiger partial charge is 0.0327 e. The largest absolute Gasteiger partial charge is 0.307 e. The van der Waals surface area contributed by atoms with E-state index in [-0.39, 0.29) is 0 Å². The fourth-order valence-electron chi connectivity index (χ4n) is 2.01. The second-order valence-corrected chi connectivity index (χ2v) is 7.31. The number of nitrogens with one attached hydrogen (secondary N) is 1. The van der Waals surface area contributed by atoms with Crippen molar-refractivity contribution in [3.63, 3.8) is 0 Å². The summed E-state index contributed by atoms with van der Waals surface area (Å²) in [5.41, 5.74) is 2.60. The SMILES string of the molecule is Brc1ccsc1CNCc1cc(-c2ccccc2)cs1. The summed E-state index contributed by atoms with van der Waals surface area (Å²) >= 11 is 7.16. The summed E-state index contributed by atoms with van der Waals surface area (Å²) in [6, 6.07) is 14.9. The summed E-state index contributed by atoms with van der Waals surface area (Å²) in [5.74, 6) is 0. The van der Waals surface area contributed by atoms with Gasteiger partial charge in [0.15, 0.2) is 0 Å². The molecule has 102 valence electrons. The highest BCUT2D eigenvalue weighted by molar-refractivity contribution is 9.10. The van der Waals surface area contributed by atoms with Gasteiger partial charge in [-0.15, -0.1) is 22.7 Å². The van der Waals surface area contributed by atoms with Gasteiger partial charge in [0.1, 0.15) is 0 Å². The summed E-state index contributed by atoms with van der Waals surface area (Å²) < 4.78 is 1.20. The van der Waals surface area contributed by atoms with Crippen molar-refractivity contribution in [3.8, 4) is 11.1 Å². The zero-order valence-corrected chi connectivity index (χ0v) is 14.0. The van der Waals surface area contributed by atoms with Gasteiger partial charge in [-0.05, 0) is 49.9 Å². The average Bonchev–Trinajstić information content (AvgIpc) is 3.10. The summed E-state index contributed by atoms with van der Waals surface area (Å²) in [7, 11) is 0. The lowest BCUT2D eigenvalue weighted by molar-refractivity contribution is 0.707. The molecule has 0 aliphatic carbocycles. The van der Waals surface area contributed by atoms with Crippen LogP contribution in [0.25, 0.3) is 11.1 Å². The zero-order chi connectivity index (χ0) is 13.8. The first-order valence-electron chi connectivity index (χ1n) is 6.38. The second kappa shape index (κ2) is 6.68. The maximum absolute atomic E-state index is 3.56. The minimum atomic E-state index is 0.914. The normalized spacial score (nSPS) is 10.8. The highest BCUT2D eigenvalue weighted by Crippen LogP contribution is 2.26. The van der Waals surface area contributed by atoms with Crippen LogP contribution >= 0.6 is 38.6 Å². The van der Waals surface area contributed by atoms with Gasteiger partial charge >= 0.3 is 0 Å².